The summed E-state index contributed by atoms with van der Waals surface area (Å²) < 4.78 is 5.34. The molecule has 1 heterocycles. The summed E-state index contributed by atoms with van der Waals surface area (Å²) >= 11 is 1.42. The number of nitrogens with zero attached hydrogens (tertiary/aromatic N) is 1. The monoisotopic (exact) mass is 221 g/mol. The standard InChI is InChI=1S/C11H11NO2S/c1-2-14-9-5-3-8(4-6-9)11-12-10(13)7-15-11/h3-7,13H,2H2,1H3. The van der Waals surface area contributed by atoms with E-state index in [0.29, 0.717) is 6.61 Å². The van der Waals surface area contributed by atoms with E-state index >= 15 is 0 Å². The Morgan fingerprint density at radius 1 is 1.33 bits per heavy atom. The van der Waals surface area contributed by atoms with Crippen molar-refractivity contribution in [1.29, 1.82) is 0 Å². The molecule has 4 heteroatoms. The number of benzene rings is 1. The highest BCUT2D eigenvalue weighted by molar-refractivity contribution is 7.13. The number of thiazole rings is 1. The van der Waals surface area contributed by atoms with Gasteiger partial charge in [0, 0.05) is 5.56 Å². The van der Waals surface area contributed by atoms with E-state index in [2.05, 4.69) is 4.98 Å². The highest BCUT2D eigenvalue weighted by atomic mass is 32.1. The van der Waals surface area contributed by atoms with E-state index in [0.717, 1.165) is 16.3 Å². The average Bonchev–Trinajstić information content (AvgIpc) is 2.67. The molecule has 2 aromatic rings. The van der Waals surface area contributed by atoms with Crippen LogP contribution in [0.3, 0.4) is 0 Å². The molecule has 0 atom stereocenters. The topological polar surface area (TPSA) is 42.4 Å². The van der Waals surface area contributed by atoms with Crippen molar-refractivity contribution in [3.63, 3.8) is 0 Å². The molecule has 1 aromatic heterocycles. The zero-order valence-corrected chi connectivity index (χ0v) is 9.12. The van der Waals surface area contributed by atoms with Crippen LogP contribution in [0.5, 0.6) is 11.6 Å². The Hall–Kier alpha value is -1.55. The molecule has 0 aliphatic heterocycles. The van der Waals surface area contributed by atoms with Gasteiger partial charge in [-0.3, -0.25) is 0 Å². The minimum absolute atomic E-state index is 0.0730. The Morgan fingerprint density at radius 2 is 2.07 bits per heavy atom. The zero-order chi connectivity index (χ0) is 10.7. The third-order valence-corrected chi connectivity index (χ3v) is 2.78. The molecule has 78 valence electrons. The summed E-state index contributed by atoms with van der Waals surface area (Å²) in [5.41, 5.74) is 0.990. The third kappa shape index (κ3) is 2.27. The van der Waals surface area contributed by atoms with Gasteiger partial charge in [0.1, 0.15) is 10.8 Å². The predicted octanol–water partition coefficient (Wildman–Crippen LogP) is 2.91. The van der Waals surface area contributed by atoms with Gasteiger partial charge in [0.05, 0.1) is 12.0 Å². The zero-order valence-electron chi connectivity index (χ0n) is 8.30. The lowest BCUT2D eigenvalue weighted by molar-refractivity contribution is 0.340. The lowest BCUT2D eigenvalue weighted by atomic mass is 10.2. The molecule has 0 radical (unpaired) electrons. The van der Waals surface area contributed by atoms with Gasteiger partial charge < -0.3 is 9.84 Å². The first-order valence-corrected chi connectivity index (χ1v) is 5.55. The molecule has 1 N–H and O–H groups in total. The Labute approximate surface area is 92.0 Å². The maximum absolute atomic E-state index is 9.13. The van der Waals surface area contributed by atoms with E-state index in [9.17, 15) is 0 Å². The van der Waals surface area contributed by atoms with Crippen LogP contribution in [0.15, 0.2) is 29.6 Å². The molecule has 0 saturated heterocycles. The van der Waals surface area contributed by atoms with E-state index in [1.807, 2.05) is 31.2 Å². The van der Waals surface area contributed by atoms with Crippen molar-refractivity contribution in [2.45, 2.75) is 6.92 Å². The van der Waals surface area contributed by atoms with Crippen molar-refractivity contribution in [2.75, 3.05) is 6.61 Å². The van der Waals surface area contributed by atoms with Gasteiger partial charge in [-0.05, 0) is 31.2 Å². The fourth-order valence-corrected chi connectivity index (χ4v) is 1.95. The molecular weight excluding hydrogens is 210 g/mol. The van der Waals surface area contributed by atoms with E-state index in [4.69, 9.17) is 9.84 Å². The van der Waals surface area contributed by atoms with Crippen LogP contribution in [0.2, 0.25) is 0 Å². The number of hydrogen-bond acceptors (Lipinski definition) is 4. The summed E-state index contributed by atoms with van der Waals surface area (Å²) in [6.45, 7) is 2.62. The van der Waals surface area contributed by atoms with Crippen LogP contribution in [0, 0.1) is 0 Å². The van der Waals surface area contributed by atoms with Crippen molar-refractivity contribution in [3.8, 4) is 22.2 Å². The molecule has 0 unspecified atom stereocenters. The van der Waals surface area contributed by atoms with Gasteiger partial charge in [-0.15, -0.1) is 11.3 Å². The van der Waals surface area contributed by atoms with Crippen molar-refractivity contribution in [3.05, 3.63) is 29.6 Å². The van der Waals surface area contributed by atoms with Gasteiger partial charge in [-0.2, -0.15) is 0 Å². The van der Waals surface area contributed by atoms with E-state index < -0.39 is 0 Å². The van der Waals surface area contributed by atoms with Gasteiger partial charge in [0.2, 0.25) is 5.88 Å². The third-order valence-electron chi connectivity index (χ3n) is 1.90. The van der Waals surface area contributed by atoms with Gasteiger partial charge in [0.25, 0.3) is 0 Å². The molecular formula is C11H11NO2S. The number of rotatable bonds is 3. The van der Waals surface area contributed by atoms with Crippen molar-refractivity contribution >= 4 is 11.3 Å². The summed E-state index contributed by atoms with van der Waals surface area (Å²) in [6.07, 6.45) is 0. The van der Waals surface area contributed by atoms with Crippen LogP contribution in [-0.4, -0.2) is 16.7 Å². The minimum Gasteiger partial charge on any atom is -0.494 e. The van der Waals surface area contributed by atoms with Gasteiger partial charge >= 0.3 is 0 Å². The largest absolute Gasteiger partial charge is 0.494 e. The molecule has 0 spiro atoms. The van der Waals surface area contributed by atoms with Crippen LogP contribution < -0.4 is 4.74 Å². The first kappa shape index (κ1) is 9.98. The molecule has 0 saturated carbocycles. The van der Waals surface area contributed by atoms with E-state index in [1.165, 1.54) is 11.3 Å². The Balaban J connectivity index is 2.23. The minimum atomic E-state index is 0.0730. The van der Waals surface area contributed by atoms with Gasteiger partial charge in [-0.1, -0.05) is 0 Å². The normalized spacial score (nSPS) is 10.2. The number of aromatic nitrogens is 1. The van der Waals surface area contributed by atoms with Crippen LogP contribution in [-0.2, 0) is 0 Å². The maximum atomic E-state index is 9.13. The molecule has 1 aromatic carbocycles. The van der Waals surface area contributed by atoms with Crippen molar-refractivity contribution in [2.24, 2.45) is 0 Å². The predicted molar refractivity (Wildman–Crippen MR) is 60.4 cm³/mol. The Morgan fingerprint density at radius 3 is 2.60 bits per heavy atom. The summed E-state index contributed by atoms with van der Waals surface area (Å²) in [5.74, 6) is 0.922. The SMILES string of the molecule is CCOc1ccc(-c2nc(O)cs2)cc1. The second-order valence-corrected chi connectivity index (χ2v) is 3.83. The number of hydrogen-bond donors (Lipinski definition) is 1. The lowest BCUT2D eigenvalue weighted by Gasteiger charge is -2.02. The van der Waals surface area contributed by atoms with Crippen molar-refractivity contribution < 1.29 is 9.84 Å². The summed E-state index contributed by atoms with van der Waals surface area (Å²) in [5, 5.41) is 11.6. The van der Waals surface area contributed by atoms with Crippen LogP contribution in [0.1, 0.15) is 6.92 Å². The van der Waals surface area contributed by atoms with E-state index in [1.54, 1.807) is 5.38 Å². The number of ether oxygens (including phenoxy) is 1. The van der Waals surface area contributed by atoms with Crippen LogP contribution >= 0.6 is 11.3 Å². The van der Waals surface area contributed by atoms with Gasteiger partial charge in [-0.25, -0.2) is 4.98 Å². The van der Waals surface area contributed by atoms with Crippen LogP contribution in [0.25, 0.3) is 10.6 Å². The van der Waals surface area contributed by atoms with Crippen molar-refractivity contribution in [1.82, 2.24) is 4.98 Å². The summed E-state index contributed by atoms with van der Waals surface area (Å²) in [7, 11) is 0. The highest BCUT2D eigenvalue weighted by Crippen LogP contribution is 2.27. The lowest BCUT2D eigenvalue weighted by Crippen LogP contribution is -1.90. The molecule has 0 aliphatic rings. The molecule has 0 aliphatic carbocycles. The summed E-state index contributed by atoms with van der Waals surface area (Å²) in [4.78, 5) is 3.99. The fraction of sp³-hybridized carbons (Fsp3) is 0.182. The van der Waals surface area contributed by atoms with Gasteiger partial charge in [0.15, 0.2) is 0 Å². The quantitative estimate of drug-likeness (QED) is 0.866. The molecule has 0 bridgehead atoms. The second-order valence-electron chi connectivity index (χ2n) is 2.97. The van der Waals surface area contributed by atoms with Crippen LogP contribution in [0.4, 0.5) is 0 Å². The summed E-state index contributed by atoms with van der Waals surface area (Å²) in [6, 6.07) is 7.67. The first-order valence-electron chi connectivity index (χ1n) is 4.67. The Bertz CT molecular complexity index is 436. The van der Waals surface area contributed by atoms with E-state index in [-0.39, 0.29) is 5.88 Å². The highest BCUT2D eigenvalue weighted by Gasteiger charge is 2.03. The molecule has 15 heavy (non-hydrogen) atoms. The molecule has 3 nitrogen and oxygen atoms in total. The smallest absolute Gasteiger partial charge is 0.222 e. The number of aromatic hydroxyl groups is 1. The Kier molecular flexibility index (Phi) is 2.87. The fourth-order valence-electron chi connectivity index (χ4n) is 1.26. The first-order chi connectivity index (χ1) is 7.29. The molecule has 0 amide bonds. The molecule has 0 fully saturated rings. The second kappa shape index (κ2) is 4.31. The average molecular weight is 221 g/mol. The maximum Gasteiger partial charge on any atom is 0.222 e. The molecule has 2 rings (SSSR count).